The van der Waals surface area contributed by atoms with Crippen molar-refractivity contribution in [3.8, 4) is 0 Å². The second kappa shape index (κ2) is 5.89. The van der Waals surface area contributed by atoms with Crippen LogP contribution in [-0.2, 0) is 14.5 Å². The van der Waals surface area contributed by atoms with Crippen LogP contribution in [0.1, 0.15) is 47.0 Å². The molecule has 1 atom stereocenters. The first-order chi connectivity index (χ1) is 8.28. The van der Waals surface area contributed by atoms with Crippen LogP contribution in [0.15, 0.2) is 0 Å². The highest BCUT2D eigenvalue weighted by atomic mass is 17.2. The summed E-state index contributed by atoms with van der Waals surface area (Å²) in [5.41, 5.74) is -0.648. The molecule has 0 aromatic rings. The molecule has 1 aliphatic rings. The molecule has 0 bridgehead atoms. The van der Waals surface area contributed by atoms with Gasteiger partial charge in [0.2, 0.25) is 0 Å². The molecule has 0 aliphatic carbocycles. The van der Waals surface area contributed by atoms with Crippen molar-refractivity contribution in [2.45, 2.75) is 58.1 Å². The maximum atomic E-state index is 12.1. The van der Waals surface area contributed by atoms with Gasteiger partial charge < -0.3 is 9.64 Å². The van der Waals surface area contributed by atoms with Gasteiger partial charge in [-0.1, -0.05) is 0 Å². The first-order valence-corrected chi connectivity index (χ1v) is 6.45. The minimum atomic E-state index is -0.455. The van der Waals surface area contributed by atoms with Crippen LogP contribution in [-0.4, -0.2) is 42.4 Å². The Morgan fingerprint density at radius 1 is 1.39 bits per heavy atom. The van der Waals surface area contributed by atoms with Gasteiger partial charge in [0.25, 0.3) is 0 Å². The first kappa shape index (κ1) is 15.2. The number of hydrogen-bond acceptors (Lipinski definition) is 4. The third-order valence-corrected chi connectivity index (χ3v) is 3.20. The molecule has 0 radical (unpaired) electrons. The number of carbonyl (C=O) groups is 1. The van der Waals surface area contributed by atoms with Gasteiger partial charge >= 0.3 is 6.09 Å². The monoisotopic (exact) mass is 259 g/mol. The summed E-state index contributed by atoms with van der Waals surface area (Å²) in [6, 6.07) is 0. The molecule has 0 saturated carbocycles. The van der Waals surface area contributed by atoms with E-state index in [1.54, 1.807) is 0 Å². The van der Waals surface area contributed by atoms with Gasteiger partial charge in [0, 0.05) is 12.1 Å². The van der Waals surface area contributed by atoms with Crippen LogP contribution in [0.3, 0.4) is 0 Å². The third-order valence-electron chi connectivity index (χ3n) is 3.20. The molecule has 1 amide bonds. The predicted octanol–water partition coefficient (Wildman–Crippen LogP) is 2.74. The lowest BCUT2D eigenvalue weighted by molar-refractivity contribution is -0.275. The van der Waals surface area contributed by atoms with E-state index >= 15 is 0 Å². The Hall–Kier alpha value is -0.810. The van der Waals surface area contributed by atoms with E-state index in [0.29, 0.717) is 6.61 Å². The maximum Gasteiger partial charge on any atom is 0.410 e. The summed E-state index contributed by atoms with van der Waals surface area (Å²) in [6.07, 6.45) is 2.49. The molecular weight excluding hydrogens is 234 g/mol. The normalized spacial score (nSPS) is 24.4. The van der Waals surface area contributed by atoms with E-state index in [9.17, 15) is 4.79 Å². The molecule has 1 saturated heterocycles. The first-order valence-electron chi connectivity index (χ1n) is 6.45. The van der Waals surface area contributed by atoms with Crippen LogP contribution in [0.2, 0.25) is 0 Å². The van der Waals surface area contributed by atoms with Crippen molar-refractivity contribution < 1.29 is 19.3 Å². The van der Waals surface area contributed by atoms with Crippen LogP contribution in [0.25, 0.3) is 0 Å². The summed E-state index contributed by atoms with van der Waals surface area (Å²) in [4.78, 5) is 23.5. The maximum absolute atomic E-state index is 12.1. The number of rotatable bonds is 4. The standard InChI is InChI=1S/C13H25NO4/c1-12(2,3)18-11(15)14-9-6-7-13(14,4)8-10-17-16-5/h6-10H2,1-5H3. The summed E-state index contributed by atoms with van der Waals surface area (Å²) >= 11 is 0. The van der Waals surface area contributed by atoms with Crippen molar-refractivity contribution in [1.29, 1.82) is 0 Å². The van der Waals surface area contributed by atoms with Crippen LogP contribution >= 0.6 is 0 Å². The molecule has 1 heterocycles. The van der Waals surface area contributed by atoms with E-state index in [4.69, 9.17) is 9.62 Å². The van der Waals surface area contributed by atoms with Gasteiger partial charge in [0.1, 0.15) is 5.60 Å². The summed E-state index contributed by atoms with van der Waals surface area (Å²) in [5, 5.41) is 0. The Labute approximate surface area is 109 Å². The molecule has 18 heavy (non-hydrogen) atoms. The lowest BCUT2D eigenvalue weighted by Crippen LogP contribution is -2.47. The van der Waals surface area contributed by atoms with Crippen molar-refractivity contribution in [1.82, 2.24) is 4.90 Å². The van der Waals surface area contributed by atoms with E-state index in [0.717, 1.165) is 25.8 Å². The summed E-state index contributed by atoms with van der Waals surface area (Å²) < 4.78 is 5.44. The van der Waals surface area contributed by atoms with Gasteiger partial charge in [-0.05, 0) is 47.0 Å². The van der Waals surface area contributed by atoms with Gasteiger partial charge in [-0.25, -0.2) is 14.6 Å². The molecule has 5 heteroatoms. The number of carbonyl (C=O) groups excluding carboxylic acids is 1. The summed E-state index contributed by atoms with van der Waals surface area (Å²) in [5.74, 6) is 0. The number of amides is 1. The summed E-state index contributed by atoms with van der Waals surface area (Å²) in [7, 11) is 1.49. The van der Waals surface area contributed by atoms with Gasteiger partial charge in [0.05, 0.1) is 13.7 Å². The molecule has 1 aliphatic heterocycles. The Morgan fingerprint density at radius 3 is 2.61 bits per heavy atom. The zero-order valence-electron chi connectivity index (χ0n) is 12.1. The Balaban J connectivity index is 2.60. The average molecular weight is 259 g/mol. The highest BCUT2D eigenvalue weighted by Crippen LogP contribution is 2.33. The molecule has 1 unspecified atom stereocenters. The number of ether oxygens (including phenoxy) is 1. The van der Waals surface area contributed by atoms with E-state index < -0.39 is 5.60 Å². The van der Waals surface area contributed by atoms with Crippen molar-refractivity contribution in [3.63, 3.8) is 0 Å². The zero-order valence-corrected chi connectivity index (χ0v) is 12.1. The molecule has 1 fully saturated rings. The van der Waals surface area contributed by atoms with Crippen molar-refractivity contribution in [2.75, 3.05) is 20.3 Å². The minimum absolute atomic E-state index is 0.194. The minimum Gasteiger partial charge on any atom is -0.444 e. The zero-order chi connectivity index (χ0) is 13.8. The average Bonchev–Trinajstić information content (AvgIpc) is 2.58. The molecular formula is C13H25NO4. The SMILES string of the molecule is COOCCC1(C)CCCN1C(=O)OC(C)(C)C. The van der Waals surface area contributed by atoms with Crippen molar-refractivity contribution in [2.24, 2.45) is 0 Å². The van der Waals surface area contributed by atoms with Gasteiger partial charge in [-0.15, -0.1) is 0 Å². The van der Waals surface area contributed by atoms with Crippen LogP contribution in [0, 0.1) is 0 Å². The van der Waals surface area contributed by atoms with Crippen LogP contribution in [0.4, 0.5) is 4.79 Å². The van der Waals surface area contributed by atoms with E-state index in [1.807, 2.05) is 25.7 Å². The molecule has 0 aromatic heterocycles. The second-order valence-electron chi connectivity index (χ2n) is 5.97. The third kappa shape index (κ3) is 4.14. The molecule has 0 aromatic carbocycles. The van der Waals surface area contributed by atoms with Crippen LogP contribution in [0.5, 0.6) is 0 Å². The highest BCUT2D eigenvalue weighted by Gasteiger charge is 2.41. The Morgan fingerprint density at radius 2 is 2.06 bits per heavy atom. The largest absolute Gasteiger partial charge is 0.444 e. The molecule has 1 rings (SSSR count). The van der Waals surface area contributed by atoms with Gasteiger partial charge in [0.15, 0.2) is 0 Å². The van der Waals surface area contributed by atoms with Crippen molar-refractivity contribution >= 4 is 6.09 Å². The predicted molar refractivity (Wildman–Crippen MR) is 68.2 cm³/mol. The molecule has 5 nitrogen and oxygen atoms in total. The smallest absolute Gasteiger partial charge is 0.410 e. The lowest BCUT2D eigenvalue weighted by atomic mass is 9.95. The van der Waals surface area contributed by atoms with Gasteiger partial charge in [-0.3, -0.25) is 0 Å². The number of likely N-dealkylation sites (tertiary alicyclic amines) is 1. The fraction of sp³-hybridized carbons (Fsp3) is 0.923. The molecule has 106 valence electrons. The second-order valence-corrected chi connectivity index (χ2v) is 5.97. The fourth-order valence-corrected chi connectivity index (χ4v) is 2.26. The van der Waals surface area contributed by atoms with Crippen LogP contribution < -0.4 is 0 Å². The fourth-order valence-electron chi connectivity index (χ4n) is 2.26. The quantitative estimate of drug-likeness (QED) is 0.442. The summed E-state index contributed by atoms with van der Waals surface area (Å²) in [6.45, 7) is 8.94. The Kier molecular flexibility index (Phi) is 4.99. The number of hydrogen-bond donors (Lipinski definition) is 0. The lowest BCUT2D eigenvalue weighted by Gasteiger charge is -2.36. The van der Waals surface area contributed by atoms with E-state index in [2.05, 4.69) is 11.8 Å². The highest BCUT2D eigenvalue weighted by molar-refractivity contribution is 5.69. The van der Waals surface area contributed by atoms with E-state index in [-0.39, 0.29) is 11.6 Å². The van der Waals surface area contributed by atoms with E-state index in [1.165, 1.54) is 7.11 Å². The Bertz CT molecular complexity index is 287. The van der Waals surface area contributed by atoms with Gasteiger partial charge in [-0.2, -0.15) is 0 Å². The van der Waals surface area contributed by atoms with Crippen molar-refractivity contribution in [3.05, 3.63) is 0 Å². The topological polar surface area (TPSA) is 48.0 Å². The molecule has 0 N–H and O–H groups in total. The number of nitrogens with zero attached hydrogens (tertiary/aromatic N) is 1. The molecule has 0 spiro atoms.